The third kappa shape index (κ3) is 4.28. The molecule has 118 valence electrons. The van der Waals surface area contributed by atoms with Crippen molar-refractivity contribution in [1.29, 1.82) is 0 Å². The Morgan fingerprint density at radius 2 is 2.00 bits per heavy atom. The Balaban J connectivity index is 1.69. The molecule has 0 saturated heterocycles. The number of nitrogens with two attached hydrogens (primary N) is 1. The van der Waals surface area contributed by atoms with E-state index in [-0.39, 0.29) is 0 Å². The van der Waals surface area contributed by atoms with E-state index >= 15 is 0 Å². The molecule has 0 fully saturated rings. The molecule has 0 aliphatic carbocycles. The lowest BCUT2D eigenvalue weighted by atomic mass is 10.2. The topological polar surface area (TPSA) is 73.1 Å². The van der Waals surface area contributed by atoms with Crippen LogP contribution in [0.4, 0.5) is 10.9 Å². The fourth-order valence-corrected chi connectivity index (χ4v) is 2.81. The van der Waals surface area contributed by atoms with Crippen LogP contribution in [0.15, 0.2) is 54.0 Å². The van der Waals surface area contributed by atoms with Gasteiger partial charge in [-0.3, -0.25) is 0 Å². The van der Waals surface area contributed by atoms with Gasteiger partial charge in [-0.2, -0.15) is 0 Å². The number of hydrogen-bond donors (Lipinski definition) is 2. The van der Waals surface area contributed by atoms with E-state index in [9.17, 15) is 0 Å². The van der Waals surface area contributed by atoms with Crippen molar-refractivity contribution in [1.82, 2.24) is 9.97 Å². The molecule has 2 heterocycles. The van der Waals surface area contributed by atoms with E-state index in [0.29, 0.717) is 24.7 Å². The first kappa shape index (κ1) is 15.5. The smallest absolute Gasteiger partial charge is 0.188 e. The van der Waals surface area contributed by atoms with Gasteiger partial charge in [0.2, 0.25) is 0 Å². The quantitative estimate of drug-likeness (QED) is 0.696. The van der Waals surface area contributed by atoms with E-state index in [1.807, 2.05) is 47.8 Å². The highest BCUT2D eigenvalue weighted by molar-refractivity contribution is 7.13. The van der Waals surface area contributed by atoms with Crippen LogP contribution in [0.1, 0.15) is 11.3 Å². The van der Waals surface area contributed by atoms with E-state index in [0.717, 1.165) is 22.8 Å². The average Bonchev–Trinajstić information content (AvgIpc) is 3.03. The van der Waals surface area contributed by atoms with Gasteiger partial charge in [0, 0.05) is 18.0 Å². The molecule has 0 aliphatic rings. The minimum atomic E-state index is 0.498. The number of pyridine rings is 1. The van der Waals surface area contributed by atoms with Gasteiger partial charge < -0.3 is 15.8 Å². The average molecular weight is 326 g/mol. The van der Waals surface area contributed by atoms with E-state index in [1.165, 1.54) is 11.3 Å². The minimum absolute atomic E-state index is 0.498. The van der Waals surface area contributed by atoms with Crippen molar-refractivity contribution < 1.29 is 4.74 Å². The van der Waals surface area contributed by atoms with Gasteiger partial charge in [0.15, 0.2) is 16.7 Å². The molecule has 0 amide bonds. The maximum Gasteiger partial charge on any atom is 0.188 e. The Hall–Kier alpha value is -2.44. The van der Waals surface area contributed by atoms with Crippen molar-refractivity contribution in [2.45, 2.75) is 13.0 Å². The standard InChI is InChI=1S/C17H18N4OS/c18-9-8-14-12-23-17(20-14)21-16-15(7-4-10-19-16)22-11-13-5-2-1-3-6-13/h1-7,10,12H,8-9,11,18H2,(H,19,20,21). The van der Waals surface area contributed by atoms with Gasteiger partial charge in [-0.05, 0) is 24.2 Å². The predicted octanol–water partition coefficient (Wildman–Crippen LogP) is 3.36. The Morgan fingerprint density at radius 3 is 2.83 bits per heavy atom. The summed E-state index contributed by atoms with van der Waals surface area (Å²) in [5, 5.41) is 6.01. The van der Waals surface area contributed by atoms with Crippen molar-refractivity contribution in [3.8, 4) is 5.75 Å². The summed E-state index contributed by atoms with van der Waals surface area (Å²) in [6, 6.07) is 13.8. The zero-order chi connectivity index (χ0) is 15.9. The zero-order valence-corrected chi connectivity index (χ0v) is 13.4. The summed E-state index contributed by atoms with van der Waals surface area (Å²) >= 11 is 1.53. The van der Waals surface area contributed by atoms with Crippen molar-refractivity contribution in [2.75, 3.05) is 11.9 Å². The van der Waals surface area contributed by atoms with Crippen LogP contribution in [-0.2, 0) is 13.0 Å². The largest absolute Gasteiger partial charge is 0.485 e. The van der Waals surface area contributed by atoms with Crippen LogP contribution >= 0.6 is 11.3 Å². The van der Waals surface area contributed by atoms with Crippen molar-refractivity contribution in [3.05, 3.63) is 65.3 Å². The molecule has 0 spiro atoms. The maximum atomic E-state index is 5.88. The van der Waals surface area contributed by atoms with Crippen molar-refractivity contribution >= 4 is 22.3 Å². The maximum absolute atomic E-state index is 5.88. The SMILES string of the molecule is NCCc1csc(Nc2ncccc2OCc2ccccc2)n1. The number of ether oxygens (including phenoxy) is 1. The molecule has 23 heavy (non-hydrogen) atoms. The number of benzene rings is 1. The zero-order valence-electron chi connectivity index (χ0n) is 12.6. The second-order valence-electron chi connectivity index (χ2n) is 4.93. The van der Waals surface area contributed by atoms with Crippen LogP contribution < -0.4 is 15.8 Å². The van der Waals surface area contributed by atoms with Gasteiger partial charge in [0.25, 0.3) is 0 Å². The van der Waals surface area contributed by atoms with E-state index in [1.54, 1.807) is 6.20 Å². The molecule has 6 heteroatoms. The summed E-state index contributed by atoms with van der Waals surface area (Å²) < 4.78 is 5.88. The highest BCUT2D eigenvalue weighted by Crippen LogP contribution is 2.27. The Labute approximate surface area is 139 Å². The molecule has 0 aliphatic heterocycles. The van der Waals surface area contributed by atoms with Gasteiger partial charge >= 0.3 is 0 Å². The third-order valence-electron chi connectivity index (χ3n) is 3.19. The minimum Gasteiger partial charge on any atom is -0.485 e. The van der Waals surface area contributed by atoms with Gasteiger partial charge in [-0.25, -0.2) is 9.97 Å². The number of hydrogen-bond acceptors (Lipinski definition) is 6. The number of aromatic nitrogens is 2. The number of rotatable bonds is 7. The normalized spacial score (nSPS) is 10.5. The monoisotopic (exact) mass is 326 g/mol. The molecule has 3 rings (SSSR count). The predicted molar refractivity (Wildman–Crippen MR) is 93.2 cm³/mol. The summed E-state index contributed by atoms with van der Waals surface area (Å²) in [5.74, 6) is 1.36. The van der Waals surface area contributed by atoms with Gasteiger partial charge in [-0.1, -0.05) is 30.3 Å². The van der Waals surface area contributed by atoms with Gasteiger partial charge in [0.05, 0.1) is 5.69 Å². The Morgan fingerprint density at radius 1 is 1.13 bits per heavy atom. The highest BCUT2D eigenvalue weighted by atomic mass is 32.1. The molecule has 2 aromatic heterocycles. The second-order valence-corrected chi connectivity index (χ2v) is 5.79. The molecular formula is C17H18N4OS. The van der Waals surface area contributed by atoms with E-state index in [2.05, 4.69) is 15.3 Å². The summed E-state index contributed by atoms with van der Waals surface area (Å²) in [6.07, 6.45) is 2.50. The van der Waals surface area contributed by atoms with Gasteiger partial charge in [-0.15, -0.1) is 11.3 Å². The molecule has 0 saturated carbocycles. The lowest BCUT2D eigenvalue weighted by molar-refractivity contribution is 0.307. The summed E-state index contributed by atoms with van der Waals surface area (Å²) in [7, 11) is 0. The summed E-state index contributed by atoms with van der Waals surface area (Å²) in [4.78, 5) is 8.83. The molecule has 3 N–H and O–H groups in total. The Bertz CT molecular complexity index is 745. The highest BCUT2D eigenvalue weighted by Gasteiger charge is 2.08. The first-order chi connectivity index (χ1) is 11.3. The number of nitrogens with one attached hydrogen (secondary N) is 1. The molecule has 0 radical (unpaired) electrons. The van der Waals surface area contributed by atoms with Crippen LogP contribution in [-0.4, -0.2) is 16.5 Å². The number of nitrogens with zero attached hydrogens (tertiary/aromatic N) is 2. The summed E-state index contributed by atoms with van der Waals surface area (Å²) in [6.45, 7) is 1.09. The second kappa shape index (κ2) is 7.71. The summed E-state index contributed by atoms with van der Waals surface area (Å²) in [5.41, 5.74) is 7.65. The molecule has 1 aromatic carbocycles. The molecule has 5 nitrogen and oxygen atoms in total. The lowest BCUT2D eigenvalue weighted by Gasteiger charge is -2.10. The Kier molecular flexibility index (Phi) is 5.18. The fourth-order valence-electron chi connectivity index (χ4n) is 2.06. The molecule has 3 aromatic rings. The fraction of sp³-hybridized carbons (Fsp3) is 0.176. The molecular weight excluding hydrogens is 308 g/mol. The van der Waals surface area contributed by atoms with E-state index < -0.39 is 0 Å². The number of anilines is 2. The van der Waals surface area contributed by atoms with Crippen LogP contribution in [0.2, 0.25) is 0 Å². The number of thiazole rings is 1. The van der Waals surface area contributed by atoms with E-state index in [4.69, 9.17) is 10.5 Å². The van der Waals surface area contributed by atoms with Crippen LogP contribution in [0.25, 0.3) is 0 Å². The van der Waals surface area contributed by atoms with Crippen molar-refractivity contribution in [3.63, 3.8) is 0 Å². The van der Waals surface area contributed by atoms with Crippen LogP contribution in [0, 0.1) is 0 Å². The van der Waals surface area contributed by atoms with Gasteiger partial charge in [0.1, 0.15) is 6.61 Å². The van der Waals surface area contributed by atoms with Crippen LogP contribution in [0.3, 0.4) is 0 Å². The lowest BCUT2D eigenvalue weighted by Crippen LogP contribution is -2.03. The molecule has 0 unspecified atom stereocenters. The van der Waals surface area contributed by atoms with Crippen LogP contribution in [0.5, 0.6) is 5.75 Å². The van der Waals surface area contributed by atoms with Crippen molar-refractivity contribution in [2.24, 2.45) is 5.73 Å². The molecule has 0 atom stereocenters. The first-order valence-electron chi connectivity index (χ1n) is 7.38. The molecule has 0 bridgehead atoms. The third-order valence-corrected chi connectivity index (χ3v) is 3.99. The first-order valence-corrected chi connectivity index (χ1v) is 8.26.